The van der Waals surface area contributed by atoms with E-state index in [1.807, 2.05) is 0 Å². The van der Waals surface area contributed by atoms with Crippen LogP contribution in [0.5, 0.6) is 5.75 Å². The van der Waals surface area contributed by atoms with Crippen molar-refractivity contribution >= 4 is 0 Å². The lowest BCUT2D eigenvalue weighted by Gasteiger charge is -2.35. The van der Waals surface area contributed by atoms with E-state index < -0.39 is 0 Å². The highest BCUT2D eigenvalue weighted by molar-refractivity contribution is 5.45. The first kappa shape index (κ1) is 12.9. The monoisotopic (exact) mass is 260 g/mol. The molecule has 3 heteroatoms. The second kappa shape index (κ2) is 5.14. The van der Waals surface area contributed by atoms with Crippen LogP contribution in [0.4, 0.5) is 0 Å². The second-order valence-corrected chi connectivity index (χ2v) is 5.80. The van der Waals surface area contributed by atoms with Gasteiger partial charge in [-0.05, 0) is 49.4 Å². The standard InChI is InChI=1S/C16H24N2O/c1-11-12(2)16(19-3)7-5-14(11)15-6-4-13-10-17-8-9-18(13)15/h5,7,13,15,17H,4,6,8-10H2,1-3H3. The maximum atomic E-state index is 5.43. The van der Waals surface area contributed by atoms with Crippen LogP contribution in [-0.4, -0.2) is 37.7 Å². The number of hydrogen-bond donors (Lipinski definition) is 1. The molecule has 0 spiro atoms. The average molecular weight is 260 g/mol. The van der Waals surface area contributed by atoms with E-state index in [9.17, 15) is 0 Å². The number of hydrogen-bond acceptors (Lipinski definition) is 3. The molecule has 0 saturated carbocycles. The molecule has 0 aromatic heterocycles. The predicted molar refractivity (Wildman–Crippen MR) is 77.8 cm³/mol. The van der Waals surface area contributed by atoms with Crippen LogP contribution in [-0.2, 0) is 0 Å². The Morgan fingerprint density at radius 1 is 1.21 bits per heavy atom. The largest absolute Gasteiger partial charge is 0.496 e. The Hall–Kier alpha value is -1.06. The highest BCUT2D eigenvalue weighted by Crippen LogP contribution is 2.39. The van der Waals surface area contributed by atoms with Crippen LogP contribution in [0.25, 0.3) is 0 Å². The zero-order chi connectivity index (χ0) is 13.4. The van der Waals surface area contributed by atoms with Crippen molar-refractivity contribution in [1.82, 2.24) is 10.2 Å². The number of benzene rings is 1. The molecule has 0 amide bonds. The fourth-order valence-corrected chi connectivity index (χ4v) is 3.70. The quantitative estimate of drug-likeness (QED) is 0.884. The second-order valence-electron chi connectivity index (χ2n) is 5.80. The van der Waals surface area contributed by atoms with Gasteiger partial charge < -0.3 is 10.1 Å². The maximum Gasteiger partial charge on any atom is 0.122 e. The number of piperazine rings is 1. The van der Waals surface area contributed by atoms with Gasteiger partial charge in [0, 0.05) is 31.7 Å². The van der Waals surface area contributed by atoms with Gasteiger partial charge in [0.1, 0.15) is 5.75 Å². The van der Waals surface area contributed by atoms with E-state index in [0.717, 1.165) is 24.9 Å². The van der Waals surface area contributed by atoms with Gasteiger partial charge in [-0.1, -0.05) is 6.07 Å². The van der Waals surface area contributed by atoms with Crippen molar-refractivity contribution in [2.24, 2.45) is 0 Å². The van der Waals surface area contributed by atoms with E-state index in [0.29, 0.717) is 6.04 Å². The average Bonchev–Trinajstić information content (AvgIpc) is 2.86. The maximum absolute atomic E-state index is 5.43. The van der Waals surface area contributed by atoms with E-state index in [-0.39, 0.29) is 0 Å². The van der Waals surface area contributed by atoms with E-state index in [4.69, 9.17) is 4.74 Å². The van der Waals surface area contributed by atoms with E-state index in [2.05, 4.69) is 36.2 Å². The minimum Gasteiger partial charge on any atom is -0.496 e. The third kappa shape index (κ3) is 2.15. The Kier molecular flexibility index (Phi) is 3.50. The Morgan fingerprint density at radius 3 is 2.84 bits per heavy atom. The van der Waals surface area contributed by atoms with Gasteiger partial charge in [-0.3, -0.25) is 4.90 Å². The molecule has 0 aliphatic carbocycles. The van der Waals surface area contributed by atoms with Crippen molar-refractivity contribution in [2.45, 2.75) is 38.8 Å². The Labute approximate surface area is 115 Å². The normalized spacial score (nSPS) is 27.3. The van der Waals surface area contributed by atoms with Gasteiger partial charge >= 0.3 is 0 Å². The number of rotatable bonds is 2. The van der Waals surface area contributed by atoms with E-state index in [1.165, 1.54) is 36.1 Å². The lowest BCUT2D eigenvalue weighted by atomic mass is 9.95. The van der Waals surface area contributed by atoms with Crippen LogP contribution in [0.15, 0.2) is 12.1 Å². The first-order valence-electron chi connectivity index (χ1n) is 7.33. The molecule has 1 aromatic rings. The van der Waals surface area contributed by atoms with Gasteiger partial charge in [0.25, 0.3) is 0 Å². The van der Waals surface area contributed by atoms with Crippen LogP contribution in [0.2, 0.25) is 0 Å². The zero-order valence-corrected chi connectivity index (χ0v) is 12.2. The summed E-state index contributed by atoms with van der Waals surface area (Å²) in [6.45, 7) is 7.87. The minimum absolute atomic E-state index is 0.608. The number of fused-ring (bicyclic) bond motifs is 1. The molecule has 2 saturated heterocycles. The molecule has 2 atom stereocenters. The SMILES string of the molecule is COc1ccc(C2CCC3CNCCN32)c(C)c1C. The molecular formula is C16H24N2O. The summed E-state index contributed by atoms with van der Waals surface area (Å²) in [5, 5.41) is 3.51. The molecule has 1 N–H and O–H groups in total. The van der Waals surface area contributed by atoms with Gasteiger partial charge in [0.2, 0.25) is 0 Å². The lowest BCUT2D eigenvalue weighted by molar-refractivity contribution is 0.161. The number of ether oxygens (including phenoxy) is 1. The highest BCUT2D eigenvalue weighted by atomic mass is 16.5. The summed E-state index contributed by atoms with van der Waals surface area (Å²) in [5.74, 6) is 1.01. The third-order valence-corrected chi connectivity index (χ3v) is 4.93. The molecule has 3 nitrogen and oxygen atoms in total. The van der Waals surface area contributed by atoms with Crippen molar-refractivity contribution < 1.29 is 4.74 Å². The molecule has 3 rings (SSSR count). The van der Waals surface area contributed by atoms with Gasteiger partial charge in [0.15, 0.2) is 0 Å². The summed E-state index contributed by atoms with van der Waals surface area (Å²) in [6.07, 6.45) is 2.61. The molecule has 2 aliphatic rings. The summed E-state index contributed by atoms with van der Waals surface area (Å²) in [6, 6.07) is 5.75. The summed E-state index contributed by atoms with van der Waals surface area (Å²) in [7, 11) is 1.75. The third-order valence-electron chi connectivity index (χ3n) is 4.93. The van der Waals surface area contributed by atoms with Gasteiger partial charge in [-0.2, -0.15) is 0 Å². The van der Waals surface area contributed by atoms with Gasteiger partial charge in [-0.25, -0.2) is 0 Å². The minimum atomic E-state index is 0.608. The summed E-state index contributed by atoms with van der Waals surface area (Å²) >= 11 is 0. The summed E-state index contributed by atoms with van der Waals surface area (Å²) in [5.41, 5.74) is 4.20. The molecular weight excluding hydrogens is 236 g/mol. The topological polar surface area (TPSA) is 24.5 Å². The van der Waals surface area contributed by atoms with Gasteiger partial charge in [0.05, 0.1) is 7.11 Å². The molecule has 104 valence electrons. The molecule has 2 heterocycles. The van der Waals surface area contributed by atoms with Crippen molar-refractivity contribution in [3.05, 3.63) is 28.8 Å². The fourth-order valence-electron chi connectivity index (χ4n) is 3.70. The fraction of sp³-hybridized carbons (Fsp3) is 0.625. The van der Waals surface area contributed by atoms with Crippen molar-refractivity contribution in [3.8, 4) is 5.75 Å². The number of nitrogens with one attached hydrogen (secondary N) is 1. The molecule has 2 fully saturated rings. The highest BCUT2D eigenvalue weighted by Gasteiger charge is 2.36. The Bertz CT molecular complexity index is 472. The molecule has 0 radical (unpaired) electrons. The molecule has 19 heavy (non-hydrogen) atoms. The van der Waals surface area contributed by atoms with Crippen molar-refractivity contribution in [2.75, 3.05) is 26.7 Å². The molecule has 1 aromatic carbocycles. The van der Waals surface area contributed by atoms with Crippen LogP contribution < -0.4 is 10.1 Å². The Morgan fingerprint density at radius 2 is 2.05 bits per heavy atom. The molecule has 2 aliphatic heterocycles. The van der Waals surface area contributed by atoms with Crippen molar-refractivity contribution in [1.29, 1.82) is 0 Å². The van der Waals surface area contributed by atoms with E-state index >= 15 is 0 Å². The first-order valence-corrected chi connectivity index (χ1v) is 7.33. The van der Waals surface area contributed by atoms with Crippen molar-refractivity contribution in [3.63, 3.8) is 0 Å². The number of nitrogens with zero attached hydrogens (tertiary/aromatic N) is 1. The predicted octanol–water partition coefficient (Wildman–Crippen LogP) is 2.42. The number of methoxy groups -OCH3 is 1. The first-order chi connectivity index (χ1) is 9.22. The van der Waals surface area contributed by atoms with Crippen LogP contribution in [0.3, 0.4) is 0 Å². The summed E-state index contributed by atoms with van der Waals surface area (Å²) < 4.78 is 5.43. The van der Waals surface area contributed by atoms with Crippen LogP contribution >= 0.6 is 0 Å². The van der Waals surface area contributed by atoms with Crippen LogP contribution in [0, 0.1) is 13.8 Å². The van der Waals surface area contributed by atoms with Gasteiger partial charge in [-0.15, -0.1) is 0 Å². The zero-order valence-electron chi connectivity index (χ0n) is 12.2. The molecule has 0 bridgehead atoms. The van der Waals surface area contributed by atoms with E-state index in [1.54, 1.807) is 7.11 Å². The Balaban J connectivity index is 1.92. The smallest absolute Gasteiger partial charge is 0.122 e. The molecule has 2 unspecified atom stereocenters. The lowest BCUT2D eigenvalue weighted by Crippen LogP contribution is -2.48. The van der Waals surface area contributed by atoms with Crippen LogP contribution in [0.1, 0.15) is 35.6 Å². The summed E-state index contributed by atoms with van der Waals surface area (Å²) in [4.78, 5) is 2.70.